The number of nitrogens with zero attached hydrogens (tertiary/aromatic N) is 3. The number of hydrogen-bond acceptors (Lipinski definition) is 5. The van der Waals surface area contributed by atoms with E-state index >= 15 is 0 Å². The molecular formula is C14H15N3O3S. The van der Waals surface area contributed by atoms with E-state index in [0.29, 0.717) is 5.70 Å². The molecule has 1 heterocycles. The van der Waals surface area contributed by atoms with Crippen LogP contribution in [0.15, 0.2) is 74.6 Å². The second-order valence-electron chi connectivity index (χ2n) is 4.49. The predicted octanol–water partition coefficient (Wildman–Crippen LogP) is 3.14. The first-order valence-corrected chi connectivity index (χ1v) is 7.63. The molecule has 1 aliphatic heterocycles. The summed E-state index contributed by atoms with van der Waals surface area (Å²) >= 11 is 0. The lowest BCUT2D eigenvalue weighted by atomic mass is 10.2. The van der Waals surface area contributed by atoms with E-state index in [9.17, 15) is 13.6 Å². The monoisotopic (exact) mass is 305 g/mol. The molecule has 0 aliphatic carbocycles. The van der Waals surface area contributed by atoms with E-state index in [-0.39, 0.29) is 10.6 Å². The molecule has 1 N–H and O–H groups in total. The minimum Gasteiger partial charge on any atom is -0.284 e. The highest BCUT2D eigenvalue weighted by molar-refractivity contribution is 7.90. The zero-order chi connectivity index (χ0) is 15.5. The van der Waals surface area contributed by atoms with Crippen LogP contribution < -0.4 is 0 Å². The summed E-state index contributed by atoms with van der Waals surface area (Å²) in [6.07, 6.45) is 6.36. The van der Waals surface area contributed by atoms with Gasteiger partial charge in [0.1, 0.15) is 0 Å². The van der Waals surface area contributed by atoms with Crippen molar-refractivity contribution in [1.29, 1.82) is 0 Å². The van der Waals surface area contributed by atoms with Crippen LogP contribution in [0, 0.1) is 6.92 Å². The zero-order valence-electron chi connectivity index (χ0n) is 11.6. The molecule has 0 bridgehead atoms. The molecule has 110 valence electrons. The summed E-state index contributed by atoms with van der Waals surface area (Å²) < 4.78 is 27.5. The molecule has 0 aromatic heterocycles. The maximum absolute atomic E-state index is 12.0. The first-order valence-electron chi connectivity index (χ1n) is 6.19. The third-order valence-electron chi connectivity index (χ3n) is 2.83. The van der Waals surface area contributed by atoms with E-state index in [1.165, 1.54) is 18.3 Å². The van der Waals surface area contributed by atoms with Crippen LogP contribution in [0.5, 0.6) is 0 Å². The summed E-state index contributed by atoms with van der Waals surface area (Å²) in [4.78, 5) is 0.0783. The van der Waals surface area contributed by atoms with Gasteiger partial charge in [-0.05, 0) is 38.1 Å². The summed E-state index contributed by atoms with van der Waals surface area (Å²) in [7, 11) is -3.85. The van der Waals surface area contributed by atoms with Gasteiger partial charge in [0.15, 0.2) is 0 Å². The van der Waals surface area contributed by atoms with Crippen LogP contribution in [-0.4, -0.2) is 18.7 Å². The van der Waals surface area contributed by atoms with Crippen LogP contribution in [0.1, 0.15) is 12.5 Å². The molecule has 1 aromatic rings. The van der Waals surface area contributed by atoms with Crippen LogP contribution in [0.25, 0.3) is 0 Å². The van der Waals surface area contributed by atoms with Gasteiger partial charge in [-0.25, -0.2) is 5.06 Å². The van der Waals surface area contributed by atoms with Crippen molar-refractivity contribution in [2.45, 2.75) is 18.7 Å². The number of allylic oxidation sites excluding steroid dienone is 4. The lowest BCUT2D eigenvalue weighted by molar-refractivity contribution is -0.00148. The Morgan fingerprint density at radius 2 is 1.86 bits per heavy atom. The fourth-order valence-corrected chi connectivity index (χ4v) is 2.45. The average molecular weight is 305 g/mol. The molecule has 0 radical (unpaired) electrons. The molecule has 0 saturated carbocycles. The van der Waals surface area contributed by atoms with Gasteiger partial charge >= 0.3 is 0 Å². The van der Waals surface area contributed by atoms with Gasteiger partial charge in [-0.3, -0.25) is 5.21 Å². The van der Waals surface area contributed by atoms with Gasteiger partial charge in [0.25, 0.3) is 10.0 Å². The van der Waals surface area contributed by atoms with E-state index in [1.807, 2.05) is 6.92 Å². The minimum absolute atomic E-state index is 0.0783. The van der Waals surface area contributed by atoms with Crippen molar-refractivity contribution >= 4 is 10.0 Å². The van der Waals surface area contributed by atoms with Gasteiger partial charge in [-0.1, -0.05) is 28.3 Å². The van der Waals surface area contributed by atoms with Gasteiger partial charge in [0.2, 0.25) is 0 Å². The standard InChI is InChI=1S/C14H15N3O3S/c1-11-6-8-13(9-7-11)21(19,20)16-15-12(2)14-5-3-4-10-17(14)18/h3-10,18H,1-2H3/b14-12+,16-15?. The van der Waals surface area contributed by atoms with Crippen LogP contribution in [-0.2, 0) is 10.0 Å². The summed E-state index contributed by atoms with van der Waals surface area (Å²) in [5.41, 5.74) is 1.60. The van der Waals surface area contributed by atoms with Crippen molar-refractivity contribution in [3.63, 3.8) is 0 Å². The normalized spacial score (nSPS) is 17.6. The molecule has 0 spiro atoms. The van der Waals surface area contributed by atoms with Crippen molar-refractivity contribution in [2.24, 2.45) is 9.63 Å². The molecule has 0 unspecified atom stereocenters. The second kappa shape index (κ2) is 6.02. The predicted molar refractivity (Wildman–Crippen MR) is 77.8 cm³/mol. The fraction of sp³-hybridized carbons (Fsp3) is 0.143. The molecule has 0 fully saturated rings. The molecule has 21 heavy (non-hydrogen) atoms. The van der Waals surface area contributed by atoms with E-state index in [4.69, 9.17) is 0 Å². The molecule has 1 aromatic carbocycles. The first-order chi connectivity index (χ1) is 9.90. The topological polar surface area (TPSA) is 82.3 Å². The Labute approximate surface area is 123 Å². The zero-order valence-corrected chi connectivity index (χ0v) is 12.4. The van der Waals surface area contributed by atoms with Gasteiger partial charge < -0.3 is 0 Å². The number of aryl methyl sites for hydroxylation is 1. The van der Waals surface area contributed by atoms with Crippen LogP contribution in [0.3, 0.4) is 0 Å². The second-order valence-corrected chi connectivity index (χ2v) is 6.07. The lowest BCUT2D eigenvalue weighted by Crippen LogP contribution is -2.12. The maximum atomic E-state index is 12.0. The number of benzene rings is 1. The Balaban J connectivity index is 2.28. The van der Waals surface area contributed by atoms with Crippen molar-refractivity contribution in [3.8, 4) is 0 Å². The minimum atomic E-state index is -3.85. The van der Waals surface area contributed by atoms with Gasteiger partial charge in [-0.2, -0.15) is 8.42 Å². The molecule has 1 aliphatic rings. The van der Waals surface area contributed by atoms with Crippen LogP contribution >= 0.6 is 0 Å². The average Bonchev–Trinajstić information content (AvgIpc) is 2.46. The molecule has 7 heteroatoms. The quantitative estimate of drug-likeness (QED) is 0.870. The highest BCUT2D eigenvalue weighted by Crippen LogP contribution is 2.18. The molecule has 6 nitrogen and oxygen atoms in total. The van der Waals surface area contributed by atoms with Gasteiger partial charge in [0.05, 0.1) is 16.3 Å². The van der Waals surface area contributed by atoms with E-state index < -0.39 is 10.0 Å². The van der Waals surface area contributed by atoms with Crippen LogP contribution in [0.2, 0.25) is 0 Å². The lowest BCUT2D eigenvalue weighted by Gasteiger charge is -2.16. The molecular weight excluding hydrogens is 290 g/mol. The third-order valence-corrected chi connectivity index (χ3v) is 3.99. The number of rotatable bonds is 3. The Hall–Kier alpha value is -2.25. The van der Waals surface area contributed by atoms with Crippen molar-refractivity contribution in [2.75, 3.05) is 0 Å². The number of sulfonamides is 1. The Bertz CT molecular complexity index is 744. The van der Waals surface area contributed by atoms with Crippen molar-refractivity contribution in [1.82, 2.24) is 5.06 Å². The third kappa shape index (κ3) is 3.65. The van der Waals surface area contributed by atoms with Gasteiger partial charge in [-0.15, -0.1) is 5.11 Å². The number of hydrogen-bond donors (Lipinski definition) is 1. The van der Waals surface area contributed by atoms with E-state index in [0.717, 1.165) is 10.6 Å². The van der Waals surface area contributed by atoms with E-state index in [2.05, 4.69) is 9.63 Å². The summed E-state index contributed by atoms with van der Waals surface area (Å²) in [6, 6.07) is 6.34. The highest BCUT2D eigenvalue weighted by Gasteiger charge is 2.13. The van der Waals surface area contributed by atoms with Crippen molar-refractivity contribution in [3.05, 3.63) is 65.7 Å². The Kier molecular flexibility index (Phi) is 4.35. The summed E-state index contributed by atoms with van der Waals surface area (Å²) in [5, 5.41) is 14.2. The molecule has 2 rings (SSSR count). The SMILES string of the molecule is C/C(N=NS(=O)(=O)c1ccc(C)cc1)=C1/C=CC=CN1O. The Morgan fingerprint density at radius 3 is 2.48 bits per heavy atom. The molecule has 0 amide bonds. The molecule has 0 atom stereocenters. The summed E-state index contributed by atoms with van der Waals surface area (Å²) in [5.74, 6) is 0. The molecule has 0 saturated heterocycles. The van der Waals surface area contributed by atoms with E-state index in [1.54, 1.807) is 37.3 Å². The van der Waals surface area contributed by atoms with Crippen molar-refractivity contribution < 1.29 is 13.6 Å². The smallest absolute Gasteiger partial charge is 0.284 e. The van der Waals surface area contributed by atoms with Crippen LogP contribution in [0.4, 0.5) is 0 Å². The largest absolute Gasteiger partial charge is 0.299 e. The fourth-order valence-electron chi connectivity index (χ4n) is 1.64. The van der Waals surface area contributed by atoms with Gasteiger partial charge in [0, 0.05) is 6.20 Å². The maximum Gasteiger partial charge on any atom is 0.299 e. The summed E-state index contributed by atoms with van der Waals surface area (Å²) in [6.45, 7) is 3.43. The Morgan fingerprint density at radius 1 is 1.19 bits per heavy atom. The first kappa shape index (κ1) is 15.1. The number of hydroxylamine groups is 2. The highest BCUT2D eigenvalue weighted by atomic mass is 32.2.